The molecule has 1 unspecified atom stereocenters. The Morgan fingerprint density at radius 2 is 2.04 bits per heavy atom. The summed E-state index contributed by atoms with van der Waals surface area (Å²) in [5.41, 5.74) is 5.79. The minimum absolute atomic E-state index is 0.00998. The molecule has 2 aromatic rings. The summed E-state index contributed by atoms with van der Waals surface area (Å²) >= 11 is 0. The van der Waals surface area contributed by atoms with Gasteiger partial charge in [-0.1, -0.05) is 12.1 Å². The number of nitrogens with two attached hydrogens (primary N) is 1. The summed E-state index contributed by atoms with van der Waals surface area (Å²) in [4.78, 5) is 33.9. The number of hydrogen-bond acceptors (Lipinski definition) is 5. The van der Waals surface area contributed by atoms with Gasteiger partial charge in [0.15, 0.2) is 11.5 Å². The zero-order valence-corrected chi connectivity index (χ0v) is 12.8. The van der Waals surface area contributed by atoms with Crippen LogP contribution < -0.4 is 16.0 Å². The number of rotatable bonds is 3. The molecule has 3 rings (SSSR count). The molecule has 2 heterocycles. The van der Waals surface area contributed by atoms with Crippen molar-refractivity contribution in [2.45, 2.75) is 18.9 Å². The first-order valence-electron chi connectivity index (χ1n) is 7.51. The molecule has 1 atom stereocenters. The van der Waals surface area contributed by atoms with Gasteiger partial charge in [-0.25, -0.2) is 14.4 Å². The van der Waals surface area contributed by atoms with Crippen molar-refractivity contribution in [1.82, 2.24) is 15.3 Å². The topological polar surface area (TPSA) is 101 Å². The van der Waals surface area contributed by atoms with E-state index in [4.69, 9.17) is 5.73 Å². The highest BCUT2D eigenvalue weighted by molar-refractivity contribution is 6.03. The van der Waals surface area contributed by atoms with Crippen molar-refractivity contribution >= 4 is 23.3 Å². The molecule has 0 radical (unpaired) electrons. The molecule has 124 valence electrons. The van der Waals surface area contributed by atoms with Crippen molar-refractivity contribution in [2.75, 3.05) is 17.2 Å². The maximum absolute atomic E-state index is 13.9. The number of carbonyl (C=O) groups excluding carboxylic acids is 2. The minimum Gasteiger partial charge on any atom is -0.382 e. The molecule has 0 spiro atoms. The number of nitrogens with zero attached hydrogens (tertiary/aromatic N) is 3. The minimum atomic E-state index is -0.757. The molecule has 1 saturated heterocycles. The second kappa shape index (κ2) is 6.61. The number of aromatic nitrogens is 2. The lowest BCUT2D eigenvalue weighted by atomic mass is 10.0. The van der Waals surface area contributed by atoms with Crippen molar-refractivity contribution < 1.29 is 14.0 Å². The molecule has 1 aliphatic heterocycles. The highest BCUT2D eigenvalue weighted by Gasteiger charge is 2.32. The molecule has 1 fully saturated rings. The molecule has 8 heteroatoms. The highest BCUT2D eigenvalue weighted by Crippen LogP contribution is 2.24. The van der Waals surface area contributed by atoms with Gasteiger partial charge >= 0.3 is 0 Å². The highest BCUT2D eigenvalue weighted by atomic mass is 19.1. The summed E-state index contributed by atoms with van der Waals surface area (Å²) in [6, 6.07) is 5.30. The van der Waals surface area contributed by atoms with E-state index in [1.54, 1.807) is 12.1 Å². The number of nitrogens with one attached hydrogen (secondary N) is 1. The van der Waals surface area contributed by atoms with Crippen LogP contribution in [0.5, 0.6) is 0 Å². The fraction of sp³-hybridized carbons (Fsp3) is 0.250. The van der Waals surface area contributed by atoms with E-state index in [1.165, 1.54) is 29.4 Å². The molecule has 1 aromatic carbocycles. The number of benzene rings is 1. The van der Waals surface area contributed by atoms with Crippen molar-refractivity contribution in [3.05, 3.63) is 48.2 Å². The third kappa shape index (κ3) is 3.03. The number of halogens is 1. The Kier molecular flexibility index (Phi) is 4.37. The van der Waals surface area contributed by atoms with Gasteiger partial charge < -0.3 is 16.0 Å². The number of nitrogen functional groups attached to an aromatic ring is 1. The number of carbonyl (C=O) groups is 2. The van der Waals surface area contributed by atoms with E-state index in [2.05, 4.69) is 15.3 Å². The largest absolute Gasteiger partial charge is 0.382 e. The fourth-order valence-electron chi connectivity index (χ4n) is 2.67. The third-order valence-electron chi connectivity index (χ3n) is 3.83. The van der Waals surface area contributed by atoms with Gasteiger partial charge in [-0.05, 0) is 25.0 Å². The Morgan fingerprint density at radius 1 is 1.29 bits per heavy atom. The molecule has 0 aliphatic carbocycles. The van der Waals surface area contributed by atoms with Crippen molar-refractivity contribution in [3.63, 3.8) is 0 Å². The van der Waals surface area contributed by atoms with Gasteiger partial charge in [0.25, 0.3) is 5.91 Å². The molecule has 7 nitrogen and oxygen atoms in total. The van der Waals surface area contributed by atoms with Crippen LogP contribution in [0.25, 0.3) is 0 Å². The first-order valence-corrected chi connectivity index (χ1v) is 7.51. The van der Waals surface area contributed by atoms with E-state index < -0.39 is 17.8 Å². The lowest BCUT2D eigenvalue weighted by Gasteiger charge is -2.32. The Bertz CT molecular complexity index is 783. The van der Waals surface area contributed by atoms with E-state index in [-0.39, 0.29) is 23.1 Å². The maximum Gasteiger partial charge on any atom is 0.274 e. The second-order valence-corrected chi connectivity index (χ2v) is 5.40. The second-order valence-electron chi connectivity index (χ2n) is 5.40. The number of hydrogen-bond donors (Lipinski definition) is 2. The molecular weight excluding hydrogens is 313 g/mol. The average Bonchev–Trinajstić information content (AvgIpc) is 2.58. The van der Waals surface area contributed by atoms with E-state index in [0.29, 0.717) is 19.4 Å². The zero-order valence-electron chi connectivity index (χ0n) is 12.8. The van der Waals surface area contributed by atoms with Gasteiger partial charge in [-0.3, -0.25) is 9.59 Å². The fourth-order valence-corrected chi connectivity index (χ4v) is 2.67. The van der Waals surface area contributed by atoms with Crippen LogP contribution in [0.4, 0.5) is 15.9 Å². The maximum atomic E-state index is 13.9. The summed E-state index contributed by atoms with van der Waals surface area (Å²) in [6.45, 7) is 0.402. The lowest BCUT2D eigenvalue weighted by molar-refractivity contribution is -0.121. The van der Waals surface area contributed by atoms with Crippen LogP contribution in [0.3, 0.4) is 0 Å². The monoisotopic (exact) mass is 329 g/mol. The molecule has 24 heavy (non-hydrogen) atoms. The predicted octanol–water partition coefficient (Wildman–Crippen LogP) is 1.12. The average molecular weight is 329 g/mol. The number of piperidine rings is 1. The van der Waals surface area contributed by atoms with Crippen LogP contribution in [-0.4, -0.2) is 34.4 Å². The Hall–Kier alpha value is -3.03. The van der Waals surface area contributed by atoms with Crippen LogP contribution in [0, 0.1) is 5.82 Å². The van der Waals surface area contributed by atoms with Crippen LogP contribution in [0.15, 0.2) is 36.7 Å². The van der Waals surface area contributed by atoms with Crippen LogP contribution in [-0.2, 0) is 4.79 Å². The normalized spacial score (nSPS) is 17.6. The van der Waals surface area contributed by atoms with Gasteiger partial charge in [-0.15, -0.1) is 0 Å². The molecule has 1 aliphatic rings. The third-order valence-corrected chi connectivity index (χ3v) is 3.83. The van der Waals surface area contributed by atoms with Gasteiger partial charge in [0, 0.05) is 18.9 Å². The van der Waals surface area contributed by atoms with Crippen LogP contribution >= 0.6 is 0 Å². The molecule has 1 aromatic heterocycles. The van der Waals surface area contributed by atoms with E-state index in [1.807, 2.05) is 0 Å². The first kappa shape index (κ1) is 15.9. The Morgan fingerprint density at radius 3 is 2.79 bits per heavy atom. The Labute approximate surface area is 137 Å². The van der Waals surface area contributed by atoms with Crippen molar-refractivity contribution in [3.8, 4) is 0 Å². The smallest absolute Gasteiger partial charge is 0.274 e. The van der Waals surface area contributed by atoms with Crippen LogP contribution in [0.1, 0.15) is 23.3 Å². The van der Waals surface area contributed by atoms with E-state index in [9.17, 15) is 14.0 Å². The standard InChI is InChI=1S/C16H16FN5O2/c17-10-4-1-2-6-12(10)22-9-3-5-11(16(22)24)21-15(23)13-14(18)20-8-7-19-13/h1-2,4,6-8,11H,3,5,9H2,(H2,18,20)(H,21,23). The summed E-state index contributed by atoms with van der Waals surface area (Å²) in [6.07, 6.45) is 3.83. The summed E-state index contributed by atoms with van der Waals surface area (Å²) in [5, 5.41) is 2.61. The molecule has 3 N–H and O–H groups in total. The van der Waals surface area contributed by atoms with Gasteiger partial charge in [0.2, 0.25) is 5.91 Å². The van der Waals surface area contributed by atoms with Crippen LogP contribution in [0.2, 0.25) is 0 Å². The number of amides is 2. The number of para-hydroxylation sites is 1. The summed E-state index contributed by atoms with van der Waals surface area (Å²) in [7, 11) is 0. The summed E-state index contributed by atoms with van der Waals surface area (Å²) < 4.78 is 13.9. The molecule has 0 saturated carbocycles. The quantitative estimate of drug-likeness (QED) is 0.879. The summed E-state index contributed by atoms with van der Waals surface area (Å²) in [5.74, 6) is -1.42. The molecule has 0 bridgehead atoms. The van der Waals surface area contributed by atoms with Crippen molar-refractivity contribution in [2.24, 2.45) is 0 Å². The number of anilines is 2. The van der Waals surface area contributed by atoms with Crippen molar-refractivity contribution in [1.29, 1.82) is 0 Å². The predicted molar refractivity (Wildman–Crippen MR) is 85.7 cm³/mol. The molecular formula is C16H16FN5O2. The van der Waals surface area contributed by atoms with E-state index >= 15 is 0 Å². The Balaban J connectivity index is 1.77. The van der Waals surface area contributed by atoms with Gasteiger partial charge in [0.1, 0.15) is 11.9 Å². The first-order chi connectivity index (χ1) is 11.6. The lowest BCUT2D eigenvalue weighted by Crippen LogP contribution is -2.52. The SMILES string of the molecule is Nc1nccnc1C(=O)NC1CCCN(c2ccccc2F)C1=O. The van der Waals surface area contributed by atoms with Gasteiger partial charge in [0.05, 0.1) is 5.69 Å². The zero-order chi connectivity index (χ0) is 17.1. The van der Waals surface area contributed by atoms with E-state index in [0.717, 1.165) is 0 Å². The molecule has 2 amide bonds. The van der Waals surface area contributed by atoms with Gasteiger partial charge in [-0.2, -0.15) is 0 Å².